The van der Waals surface area contributed by atoms with E-state index in [0.717, 1.165) is 37.3 Å². The van der Waals surface area contributed by atoms with Crippen molar-refractivity contribution in [3.05, 3.63) is 53.9 Å². The molecule has 2 heterocycles. The maximum Gasteiger partial charge on any atom is 0.114 e. The Bertz CT molecular complexity index is 616. The number of nitrogens with zero attached hydrogens (tertiary/aromatic N) is 1. The second kappa shape index (κ2) is 6.06. The first-order valence-electron chi connectivity index (χ1n) is 7.30. The third kappa shape index (κ3) is 2.54. The molecule has 1 atom stereocenters. The van der Waals surface area contributed by atoms with E-state index in [1.807, 2.05) is 12.3 Å². The Morgan fingerprint density at radius 3 is 3.05 bits per heavy atom. The second-order valence-corrected chi connectivity index (χ2v) is 5.05. The van der Waals surface area contributed by atoms with Gasteiger partial charge in [-0.1, -0.05) is 25.1 Å². The Kier molecular flexibility index (Phi) is 3.97. The summed E-state index contributed by atoms with van der Waals surface area (Å²) >= 11 is 0. The molecule has 3 heteroatoms. The van der Waals surface area contributed by atoms with E-state index in [4.69, 9.17) is 4.74 Å². The Morgan fingerprint density at radius 1 is 1.30 bits per heavy atom. The van der Waals surface area contributed by atoms with Crippen molar-refractivity contribution in [2.24, 2.45) is 0 Å². The van der Waals surface area contributed by atoms with Crippen molar-refractivity contribution >= 4 is 10.9 Å². The summed E-state index contributed by atoms with van der Waals surface area (Å²) in [4.78, 5) is 4.44. The molecule has 0 saturated heterocycles. The van der Waals surface area contributed by atoms with Crippen molar-refractivity contribution in [3.63, 3.8) is 0 Å². The van der Waals surface area contributed by atoms with E-state index in [-0.39, 0.29) is 6.04 Å². The molecule has 1 N–H and O–H groups in total. The number of fused-ring (bicyclic) bond motifs is 1. The largest absolute Gasteiger partial charge is 0.496 e. The van der Waals surface area contributed by atoms with Gasteiger partial charge in [0.05, 0.1) is 18.2 Å². The Hall–Kier alpha value is -1.87. The summed E-state index contributed by atoms with van der Waals surface area (Å²) in [6.45, 7) is 3.95. The van der Waals surface area contributed by atoms with Gasteiger partial charge in [-0.25, -0.2) is 0 Å². The average Bonchev–Trinajstić information content (AvgIpc) is 3.02. The predicted octanol–water partition coefficient (Wildman–Crippen LogP) is 3.58. The van der Waals surface area contributed by atoms with E-state index >= 15 is 0 Å². The summed E-state index contributed by atoms with van der Waals surface area (Å²) < 4.78 is 5.79. The molecule has 0 radical (unpaired) electrons. The highest BCUT2D eigenvalue weighted by molar-refractivity contribution is 5.82. The van der Waals surface area contributed by atoms with Gasteiger partial charge in [-0.05, 0) is 36.7 Å². The van der Waals surface area contributed by atoms with Gasteiger partial charge in [-0.2, -0.15) is 0 Å². The fourth-order valence-electron chi connectivity index (χ4n) is 2.67. The fraction of sp³-hybridized carbons (Fsp3) is 0.353. The molecule has 0 aliphatic carbocycles. The van der Waals surface area contributed by atoms with Crippen LogP contribution in [-0.2, 0) is 4.74 Å². The third-order valence-corrected chi connectivity index (χ3v) is 3.61. The molecule has 1 unspecified atom stereocenters. The number of hydrogen-bond donors (Lipinski definition) is 1. The molecule has 0 spiro atoms. The molecule has 3 nitrogen and oxygen atoms in total. The van der Waals surface area contributed by atoms with E-state index in [2.05, 4.69) is 47.6 Å². The molecule has 1 aliphatic heterocycles. The zero-order valence-electron chi connectivity index (χ0n) is 11.8. The van der Waals surface area contributed by atoms with Gasteiger partial charge in [0.25, 0.3) is 0 Å². The fourth-order valence-corrected chi connectivity index (χ4v) is 2.67. The minimum atomic E-state index is 0.130. The van der Waals surface area contributed by atoms with Gasteiger partial charge in [0.2, 0.25) is 0 Å². The van der Waals surface area contributed by atoms with Crippen LogP contribution in [0.15, 0.2) is 48.4 Å². The number of aromatic nitrogens is 1. The van der Waals surface area contributed by atoms with Gasteiger partial charge in [-0.3, -0.25) is 4.98 Å². The average molecular weight is 268 g/mol. The maximum atomic E-state index is 5.79. The highest BCUT2D eigenvalue weighted by atomic mass is 16.5. The number of pyridine rings is 1. The van der Waals surface area contributed by atoms with Crippen LogP contribution in [0.2, 0.25) is 0 Å². The van der Waals surface area contributed by atoms with Gasteiger partial charge in [-0.15, -0.1) is 0 Å². The molecular weight excluding hydrogens is 248 g/mol. The summed E-state index contributed by atoms with van der Waals surface area (Å²) in [7, 11) is 0. The standard InChI is InChI=1S/C17H20N2O/c1-2-10-19-17(16-9-5-12-20-16)14-6-3-8-15-13(14)7-4-11-18-15/h3-4,6-9,11,17,19H,2,5,10,12H2,1H3. The first-order valence-corrected chi connectivity index (χ1v) is 7.30. The van der Waals surface area contributed by atoms with Crippen molar-refractivity contribution in [2.45, 2.75) is 25.8 Å². The van der Waals surface area contributed by atoms with Crippen LogP contribution in [0.3, 0.4) is 0 Å². The minimum Gasteiger partial charge on any atom is -0.496 e. The van der Waals surface area contributed by atoms with Crippen molar-refractivity contribution in [1.82, 2.24) is 10.3 Å². The molecule has 0 bridgehead atoms. The summed E-state index contributed by atoms with van der Waals surface area (Å²) in [5, 5.41) is 4.79. The lowest BCUT2D eigenvalue weighted by molar-refractivity contribution is 0.216. The van der Waals surface area contributed by atoms with Crippen LogP contribution in [-0.4, -0.2) is 18.1 Å². The molecule has 0 saturated carbocycles. The summed E-state index contributed by atoms with van der Waals surface area (Å²) in [5.41, 5.74) is 2.28. The van der Waals surface area contributed by atoms with Crippen molar-refractivity contribution in [3.8, 4) is 0 Å². The molecular formula is C17H20N2O. The Balaban J connectivity index is 2.04. The van der Waals surface area contributed by atoms with Gasteiger partial charge < -0.3 is 10.1 Å². The zero-order valence-corrected chi connectivity index (χ0v) is 11.8. The smallest absolute Gasteiger partial charge is 0.114 e. The van der Waals surface area contributed by atoms with Gasteiger partial charge in [0.15, 0.2) is 0 Å². The molecule has 20 heavy (non-hydrogen) atoms. The van der Waals surface area contributed by atoms with E-state index in [1.165, 1.54) is 10.9 Å². The van der Waals surface area contributed by atoms with Crippen LogP contribution >= 0.6 is 0 Å². The lowest BCUT2D eigenvalue weighted by Gasteiger charge is -2.21. The number of hydrogen-bond acceptors (Lipinski definition) is 3. The van der Waals surface area contributed by atoms with E-state index in [0.29, 0.717) is 0 Å². The lowest BCUT2D eigenvalue weighted by Crippen LogP contribution is -2.24. The van der Waals surface area contributed by atoms with E-state index in [1.54, 1.807) is 0 Å². The number of benzene rings is 1. The highest BCUT2D eigenvalue weighted by Crippen LogP contribution is 2.31. The lowest BCUT2D eigenvalue weighted by atomic mass is 9.99. The van der Waals surface area contributed by atoms with Crippen molar-refractivity contribution < 1.29 is 4.74 Å². The molecule has 3 rings (SSSR count). The number of nitrogens with one attached hydrogen (secondary N) is 1. The summed E-state index contributed by atoms with van der Waals surface area (Å²) in [5.74, 6) is 1.05. The molecule has 2 aromatic rings. The molecule has 1 aromatic carbocycles. The van der Waals surface area contributed by atoms with Gasteiger partial charge in [0.1, 0.15) is 5.76 Å². The quantitative estimate of drug-likeness (QED) is 0.900. The monoisotopic (exact) mass is 268 g/mol. The minimum absolute atomic E-state index is 0.130. The Labute approximate surface area is 119 Å². The maximum absolute atomic E-state index is 5.79. The summed E-state index contributed by atoms with van der Waals surface area (Å²) in [6.07, 6.45) is 6.14. The summed E-state index contributed by atoms with van der Waals surface area (Å²) in [6, 6.07) is 10.5. The normalized spacial score (nSPS) is 15.9. The van der Waals surface area contributed by atoms with Crippen molar-refractivity contribution in [2.75, 3.05) is 13.2 Å². The van der Waals surface area contributed by atoms with Crippen molar-refractivity contribution in [1.29, 1.82) is 0 Å². The second-order valence-electron chi connectivity index (χ2n) is 5.05. The SMILES string of the molecule is CCCNC(C1=CCCO1)c1cccc2ncccc12. The van der Waals surface area contributed by atoms with Gasteiger partial charge >= 0.3 is 0 Å². The van der Waals surface area contributed by atoms with Crippen LogP contribution in [0, 0.1) is 0 Å². The topological polar surface area (TPSA) is 34.1 Å². The van der Waals surface area contributed by atoms with Crippen LogP contribution < -0.4 is 5.32 Å². The third-order valence-electron chi connectivity index (χ3n) is 3.61. The van der Waals surface area contributed by atoms with Crippen LogP contribution in [0.25, 0.3) is 10.9 Å². The molecule has 1 aliphatic rings. The Morgan fingerprint density at radius 2 is 2.25 bits per heavy atom. The first kappa shape index (κ1) is 13.1. The van der Waals surface area contributed by atoms with Crippen LogP contribution in [0.5, 0.6) is 0 Å². The molecule has 0 amide bonds. The van der Waals surface area contributed by atoms with E-state index < -0.39 is 0 Å². The van der Waals surface area contributed by atoms with Gasteiger partial charge in [0, 0.05) is 18.0 Å². The number of ether oxygens (including phenoxy) is 1. The molecule has 104 valence electrons. The first-order chi connectivity index (χ1) is 9.90. The zero-order chi connectivity index (χ0) is 13.8. The van der Waals surface area contributed by atoms with Crippen LogP contribution in [0.1, 0.15) is 31.4 Å². The molecule has 0 fully saturated rings. The van der Waals surface area contributed by atoms with E-state index in [9.17, 15) is 0 Å². The molecule has 1 aromatic heterocycles. The number of rotatable bonds is 5. The highest BCUT2D eigenvalue weighted by Gasteiger charge is 2.21. The predicted molar refractivity (Wildman–Crippen MR) is 81.4 cm³/mol. The van der Waals surface area contributed by atoms with Crippen LogP contribution in [0.4, 0.5) is 0 Å².